The van der Waals surface area contributed by atoms with Crippen molar-refractivity contribution in [3.8, 4) is 17.2 Å². The Kier molecular flexibility index (Phi) is 15.4. The Balaban J connectivity index is 0.796. The summed E-state index contributed by atoms with van der Waals surface area (Å²) in [4.78, 5) is 76.1. The van der Waals surface area contributed by atoms with Crippen LogP contribution in [0.1, 0.15) is 87.9 Å². The number of nitrogens with zero attached hydrogens (tertiary/aromatic N) is 5. The summed E-state index contributed by atoms with van der Waals surface area (Å²) in [6, 6.07) is 19.1. The normalized spacial score (nSPS) is 18.0. The molecular weight excluding hydrogens is 943 g/mol. The van der Waals surface area contributed by atoms with E-state index in [2.05, 4.69) is 20.9 Å². The molecule has 71 heavy (non-hydrogen) atoms. The Hall–Kier alpha value is -7.27. The third-order valence-corrected chi connectivity index (χ3v) is 14.2. The number of piperidine rings is 1. The second kappa shape index (κ2) is 21.8. The highest BCUT2D eigenvalue weighted by molar-refractivity contribution is 7.89. The van der Waals surface area contributed by atoms with Gasteiger partial charge in [-0.2, -0.15) is 4.31 Å². The number of rotatable bonds is 21. The maximum absolute atomic E-state index is 13.9. The molecule has 8 rings (SSSR count). The van der Waals surface area contributed by atoms with Crippen LogP contribution < -0.4 is 24.8 Å². The van der Waals surface area contributed by atoms with Crippen molar-refractivity contribution in [1.29, 1.82) is 0 Å². The lowest BCUT2D eigenvalue weighted by atomic mass is 9.86. The van der Waals surface area contributed by atoms with Crippen molar-refractivity contribution < 1.29 is 66.0 Å². The minimum atomic E-state index is -3.92. The number of fused-ring (bicyclic) bond motifs is 3. The van der Waals surface area contributed by atoms with Crippen molar-refractivity contribution in [2.45, 2.75) is 75.5 Å². The molecule has 22 heteroatoms. The average Bonchev–Trinajstić information content (AvgIpc) is 3.81. The molecule has 374 valence electrons. The van der Waals surface area contributed by atoms with E-state index in [0.717, 1.165) is 10.5 Å². The van der Waals surface area contributed by atoms with E-state index in [9.17, 15) is 42.3 Å². The monoisotopic (exact) mass is 995 g/mol. The molecule has 4 heterocycles. The van der Waals surface area contributed by atoms with Crippen molar-refractivity contribution >= 4 is 56.6 Å². The van der Waals surface area contributed by atoms with Gasteiger partial charge in [-0.05, 0) is 85.3 Å². The van der Waals surface area contributed by atoms with Crippen LogP contribution in [-0.4, -0.2) is 132 Å². The second-order valence-electron chi connectivity index (χ2n) is 17.3. The molecule has 3 aliphatic heterocycles. The molecule has 3 N–H and O–H groups in total. The molecule has 3 atom stereocenters. The molecule has 21 nitrogen and oxygen atoms in total. The van der Waals surface area contributed by atoms with E-state index in [1.165, 1.54) is 22.5 Å². The number of carbonyl (C=O) groups excluding carboxylic acids is 5. The number of aromatic nitrogens is 3. The van der Waals surface area contributed by atoms with Crippen LogP contribution in [-0.2, 0) is 52.3 Å². The number of hydrogen-bond donors (Lipinski definition) is 3. The zero-order valence-corrected chi connectivity index (χ0v) is 40.1. The first-order chi connectivity index (χ1) is 34.1. The molecule has 2 unspecified atom stereocenters. The van der Waals surface area contributed by atoms with Gasteiger partial charge in [-0.15, -0.1) is 5.10 Å². The number of para-hydroxylation sites is 1. The molecule has 0 radical (unpaired) electrons. The highest BCUT2D eigenvalue weighted by Crippen LogP contribution is 2.38. The molecule has 4 aromatic carbocycles. The van der Waals surface area contributed by atoms with Gasteiger partial charge < -0.3 is 34.1 Å². The quantitative estimate of drug-likeness (QED) is 0.0539. The topological polar surface area (TPSA) is 264 Å². The summed E-state index contributed by atoms with van der Waals surface area (Å²) in [5, 5.41) is 23.4. The van der Waals surface area contributed by atoms with Crippen molar-refractivity contribution in [2.75, 3.05) is 46.3 Å². The number of sulfonamides is 1. The maximum atomic E-state index is 13.9. The van der Waals surface area contributed by atoms with Gasteiger partial charge >= 0.3 is 5.97 Å². The van der Waals surface area contributed by atoms with Crippen LogP contribution in [0.2, 0.25) is 0 Å². The van der Waals surface area contributed by atoms with Gasteiger partial charge in [0, 0.05) is 32.4 Å². The lowest BCUT2D eigenvalue weighted by Gasteiger charge is -2.27. The standard InChI is InChI=1S/C49H53N7O14S/c1-29-13-14-31(22-33(29)27-55-26-30(2)70-38-9-4-5-11-41(38)71(55,64)65)35(25-44(59)60)32-23-36-46(54(3)53-52-36)40(24-32)69-21-20-66-18-19-67-28-50-42(57)12-7-17-68-39-10-6-8-34-45(39)49(63)56(48(34)62)37-15-16-43(58)51-47(37)61/h4-6,8-11,13-14,22-24,30,35,37H,7,12,15-21,25-28H2,1-3H3,(H,50,57)(H,59,60)(H,51,58,61)/t30-,35?,37?/m1/s1. The molecule has 0 aliphatic carbocycles. The average molecular weight is 996 g/mol. The third-order valence-electron chi connectivity index (χ3n) is 12.3. The summed E-state index contributed by atoms with van der Waals surface area (Å²) >= 11 is 0. The molecule has 0 saturated carbocycles. The predicted octanol–water partition coefficient (Wildman–Crippen LogP) is 3.60. The Morgan fingerprint density at radius 1 is 0.915 bits per heavy atom. The molecular formula is C49H53N7O14S. The van der Waals surface area contributed by atoms with E-state index in [0.29, 0.717) is 39.2 Å². The van der Waals surface area contributed by atoms with Gasteiger partial charge in [-0.25, -0.2) is 13.1 Å². The highest BCUT2D eigenvalue weighted by atomic mass is 32.2. The SMILES string of the molecule is Cc1ccc(C(CC(=O)O)c2cc(OCCOCCOCNC(=O)CCCOc3cccc4c3C(=O)N(C3CCC(=O)NC3=O)C4=O)c3c(c2)nnn3C)cc1CN1C[C@@H](C)Oc2ccccc2S1(=O)=O. The number of imide groups is 2. The number of ether oxygens (including phenoxy) is 5. The number of benzene rings is 4. The zero-order valence-electron chi connectivity index (χ0n) is 39.3. The molecule has 1 saturated heterocycles. The maximum Gasteiger partial charge on any atom is 0.304 e. The van der Waals surface area contributed by atoms with Crippen molar-refractivity contribution in [2.24, 2.45) is 7.05 Å². The lowest BCUT2D eigenvalue weighted by molar-refractivity contribution is -0.138. The van der Waals surface area contributed by atoms with Gasteiger partial charge in [0.1, 0.15) is 58.7 Å². The zero-order chi connectivity index (χ0) is 50.4. The van der Waals surface area contributed by atoms with Gasteiger partial charge in [0.25, 0.3) is 11.8 Å². The fraction of sp³-hybridized carbons (Fsp3) is 0.388. The molecule has 1 aromatic heterocycles. The number of carbonyl (C=O) groups is 6. The van der Waals surface area contributed by atoms with E-state index in [-0.39, 0.29) is 113 Å². The largest absolute Gasteiger partial charge is 0.493 e. The van der Waals surface area contributed by atoms with Crippen LogP contribution in [0.5, 0.6) is 17.2 Å². The van der Waals surface area contributed by atoms with E-state index >= 15 is 0 Å². The van der Waals surface area contributed by atoms with Crippen molar-refractivity contribution in [3.63, 3.8) is 0 Å². The summed E-state index contributed by atoms with van der Waals surface area (Å²) in [7, 11) is -2.21. The fourth-order valence-electron chi connectivity index (χ4n) is 8.79. The Morgan fingerprint density at radius 3 is 2.49 bits per heavy atom. The molecule has 5 aromatic rings. The van der Waals surface area contributed by atoms with Gasteiger partial charge in [-0.3, -0.25) is 39.0 Å². The number of nitrogens with one attached hydrogen (secondary N) is 2. The van der Waals surface area contributed by atoms with E-state index in [4.69, 9.17) is 23.7 Å². The summed E-state index contributed by atoms with van der Waals surface area (Å²) in [5.74, 6) is -3.64. The van der Waals surface area contributed by atoms with Crippen molar-refractivity contribution in [3.05, 3.63) is 106 Å². The number of carboxylic acids is 1. The third kappa shape index (κ3) is 11.2. The fourth-order valence-corrected chi connectivity index (χ4v) is 10.4. The molecule has 5 amide bonds. The first-order valence-corrected chi connectivity index (χ1v) is 24.5. The summed E-state index contributed by atoms with van der Waals surface area (Å²) in [6.45, 7) is 4.48. The number of aliphatic carboxylic acids is 1. The first-order valence-electron chi connectivity index (χ1n) is 23.0. The number of aryl methyl sites for hydroxylation is 2. The second-order valence-corrected chi connectivity index (χ2v) is 19.2. The molecule has 3 aliphatic rings. The number of hydrogen-bond acceptors (Lipinski definition) is 15. The van der Waals surface area contributed by atoms with Crippen LogP contribution >= 0.6 is 0 Å². The Morgan fingerprint density at radius 2 is 1.69 bits per heavy atom. The first kappa shape index (κ1) is 50.1. The summed E-state index contributed by atoms with van der Waals surface area (Å²) in [5.41, 5.74) is 4.04. The van der Waals surface area contributed by atoms with E-state index in [1.54, 1.807) is 48.1 Å². The Labute approximate surface area is 408 Å². The minimum Gasteiger partial charge on any atom is -0.493 e. The lowest BCUT2D eigenvalue weighted by Crippen LogP contribution is -2.54. The number of amides is 5. The number of carboxylic acid groups (broad SMARTS) is 1. The smallest absolute Gasteiger partial charge is 0.304 e. The van der Waals surface area contributed by atoms with Gasteiger partial charge in [-0.1, -0.05) is 41.6 Å². The van der Waals surface area contributed by atoms with Gasteiger partial charge in [0.05, 0.1) is 50.5 Å². The van der Waals surface area contributed by atoms with Crippen molar-refractivity contribution in [1.82, 2.24) is 34.8 Å². The Bertz CT molecular complexity index is 3000. The van der Waals surface area contributed by atoms with Crippen LogP contribution in [0.25, 0.3) is 11.0 Å². The summed E-state index contributed by atoms with van der Waals surface area (Å²) in [6.07, 6.45) is -0.280. The predicted molar refractivity (Wildman–Crippen MR) is 251 cm³/mol. The molecule has 1 fully saturated rings. The summed E-state index contributed by atoms with van der Waals surface area (Å²) < 4.78 is 59.9. The van der Waals surface area contributed by atoms with Crippen LogP contribution in [0.15, 0.2) is 77.7 Å². The van der Waals surface area contributed by atoms with E-state index < -0.39 is 57.7 Å². The van der Waals surface area contributed by atoms with Crippen LogP contribution in [0.3, 0.4) is 0 Å². The van der Waals surface area contributed by atoms with Gasteiger partial charge in [0.15, 0.2) is 0 Å². The molecule has 0 bridgehead atoms. The molecule has 0 spiro atoms. The highest BCUT2D eigenvalue weighted by Gasteiger charge is 2.46. The van der Waals surface area contributed by atoms with E-state index in [1.807, 2.05) is 32.0 Å². The van der Waals surface area contributed by atoms with Crippen LogP contribution in [0.4, 0.5) is 0 Å². The minimum absolute atomic E-state index is 0.00486. The van der Waals surface area contributed by atoms with Gasteiger partial charge in [0.2, 0.25) is 27.7 Å². The van der Waals surface area contributed by atoms with Crippen LogP contribution in [0, 0.1) is 6.92 Å².